The predicted octanol–water partition coefficient (Wildman–Crippen LogP) is 2.87. The van der Waals surface area contributed by atoms with E-state index in [-0.39, 0.29) is 16.3 Å². The zero-order valence-electron chi connectivity index (χ0n) is 11.2. The average Bonchev–Trinajstić information content (AvgIpc) is 2.76. The normalized spacial score (nSPS) is 10.6. The first kappa shape index (κ1) is 15.1. The molecule has 2 rings (SSSR count). The third-order valence-corrected chi connectivity index (χ3v) is 3.31. The van der Waals surface area contributed by atoms with Crippen molar-refractivity contribution in [1.29, 1.82) is 0 Å². The molecule has 1 aromatic heterocycles. The van der Waals surface area contributed by atoms with E-state index < -0.39 is 11.9 Å². The Bertz CT molecular complexity index is 692. The topological polar surface area (TPSA) is 92.4 Å². The summed E-state index contributed by atoms with van der Waals surface area (Å²) in [6.07, 6.45) is 1.24. The molecule has 21 heavy (non-hydrogen) atoms. The van der Waals surface area contributed by atoms with Crippen molar-refractivity contribution in [3.05, 3.63) is 46.2 Å². The van der Waals surface area contributed by atoms with E-state index >= 15 is 0 Å². The van der Waals surface area contributed by atoms with Gasteiger partial charge in [0.25, 0.3) is 0 Å². The molecule has 1 heterocycles. The van der Waals surface area contributed by atoms with E-state index in [0.29, 0.717) is 17.8 Å². The van der Waals surface area contributed by atoms with Gasteiger partial charge in [0.2, 0.25) is 0 Å². The standard InChI is InChI=1S/C14H13ClN2O4/c1-2-3-10-11(14(20)21)12(15)17(16-10)9-6-4-8(5-7-9)13(18)19/h4-7H,2-3H2,1H3,(H,18,19)(H,20,21). The van der Waals surface area contributed by atoms with E-state index in [9.17, 15) is 14.7 Å². The number of hydrogen-bond donors (Lipinski definition) is 2. The van der Waals surface area contributed by atoms with Crippen molar-refractivity contribution in [2.75, 3.05) is 0 Å². The van der Waals surface area contributed by atoms with E-state index in [4.69, 9.17) is 16.7 Å². The Labute approximate surface area is 125 Å². The van der Waals surface area contributed by atoms with Crippen LogP contribution in [0.5, 0.6) is 0 Å². The summed E-state index contributed by atoms with van der Waals surface area (Å²) in [5, 5.41) is 22.3. The molecule has 0 radical (unpaired) electrons. The van der Waals surface area contributed by atoms with Crippen LogP contribution in [0.25, 0.3) is 5.69 Å². The molecule has 110 valence electrons. The van der Waals surface area contributed by atoms with Crippen LogP contribution in [-0.2, 0) is 6.42 Å². The number of carboxylic acid groups (broad SMARTS) is 2. The fraction of sp³-hybridized carbons (Fsp3) is 0.214. The number of aromatic carboxylic acids is 2. The molecule has 0 saturated carbocycles. The Kier molecular flexibility index (Phi) is 4.28. The number of carboxylic acids is 2. The number of nitrogens with zero attached hydrogens (tertiary/aromatic N) is 2. The summed E-state index contributed by atoms with van der Waals surface area (Å²) in [7, 11) is 0. The predicted molar refractivity (Wildman–Crippen MR) is 76.5 cm³/mol. The minimum atomic E-state index is -1.13. The van der Waals surface area contributed by atoms with Gasteiger partial charge in [-0.15, -0.1) is 0 Å². The van der Waals surface area contributed by atoms with Gasteiger partial charge >= 0.3 is 11.9 Å². The molecule has 2 N–H and O–H groups in total. The van der Waals surface area contributed by atoms with Crippen LogP contribution in [0.4, 0.5) is 0 Å². The van der Waals surface area contributed by atoms with Crippen molar-refractivity contribution < 1.29 is 19.8 Å². The molecule has 2 aromatic rings. The van der Waals surface area contributed by atoms with E-state index in [1.165, 1.54) is 28.9 Å². The molecule has 0 spiro atoms. The molecule has 0 aliphatic rings. The summed E-state index contributed by atoms with van der Waals surface area (Å²) in [5.74, 6) is -2.16. The lowest BCUT2D eigenvalue weighted by molar-refractivity contribution is 0.0685. The van der Waals surface area contributed by atoms with Crippen LogP contribution in [0.3, 0.4) is 0 Å². The highest BCUT2D eigenvalue weighted by molar-refractivity contribution is 6.33. The molecular weight excluding hydrogens is 296 g/mol. The highest BCUT2D eigenvalue weighted by atomic mass is 35.5. The summed E-state index contributed by atoms with van der Waals surface area (Å²) in [6, 6.07) is 5.89. The Morgan fingerprint density at radius 1 is 1.19 bits per heavy atom. The van der Waals surface area contributed by atoms with Crippen LogP contribution in [0.1, 0.15) is 39.8 Å². The number of aromatic nitrogens is 2. The van der Waals surface area contributed by atoms with Crippen LogP contribution in [0.15, 0.2) is 24.3 Å². The van der Waals surface area contributed by atoms with Crippen molar-refractivity contribution in [2.24, 2.45) is 0 Å². The third kappa shape index (κ3) is 2.90. The molecule has 0 saturated heterocycles. The van der Waals surface area contributed by atoms with Gasteiger partial charge in [-0.2, -0.15) is 5.10 Å². The van der Waals surface area contributed by atoms with Crippen LogP contribution in [-0.4, -0.2) is 31.9 Å². The van der Waals surface area contributed by atoms with Crippen molar-refractivity contribution in [3.63, 3.8) is 0 Å². The highest BCUT2D eigenvalue weighted by Gasteiger charge is 2.22. The van der Waals surface area contributed by atoms with Crippen LogP contribution < -0.4 is 0 Å². The van der Waals surface area contributed by atoms with Gasteiger partial charge in [-0.05, 0) is 30.7 Å². The average molecular weight is 309 g/mol. The summed E-state index contributed by atoms with van der Waals surface area (Å²) in [4.78, 5) is 22.1. The number of carbonyl (C=O) groups is 2. The van der Waals surface area contributed by atoms with Gasteiger partial charge in [0.15, 0.2) is 0 Å². The van der Waals surface area contributed by atoms with Gasteiger partial charge < -0.3 is 10.2 Å². The van der Waals surface area contributed by atoms with Crippen LogP contribution in [0.2, 0.25) is 5.15 Å². The maximum atomic E-state index is 11.3. The van der Waals surface area contributed by atoms with Crippen molar-refractivity contribution >= 4 is 23.5 Å². The van der Waals surface area contributed by atoms with Crippen molar-refractivity contribution in [1.82, 2.24) is 9.78 Å². The Balaban J connectivity index is 2.51. The largest absolute Gasteiger partial charge is 0.478 e. The first-order chi connectivity index (χ1) is 9.95. The van der Waals surface area contributed by atoms with Crippen molar-refractivity contribution in [2.45, 2.75) is 19.8 Å². The summed E-state index contributed by atoms with van der Waals surface area (Å²) >= 11 is 6.10. The van der Waals surface area contributed by atoms with Gasteiger partial charge in [-0.3, -0.25) is 0 Å². The van der Waals surface area contributed by atoms with Crippen molar-refractivity contribution in [3.8, 4) is 5.69 Å². The quantitative estimate of drug-likeness (QED) is 0.886. The maximum absolute atomic E-state index is 11.3. The SMILES string of the molecule is CCCc1nn(-c2ccc(C(=O)O)cc2)c(Cl)c1C(=O)O. The monoisotopic (exact) mass is 308 g/mol. The zero-order chi connectivity index (χ0) is 15.6. The lowest BCUT2D eigenvalue weighted by atomic mass is 10.2. The number of halogens is 1. The molecule has 0 bridgehead atoms. The lowest BCUT2D eigenvalue weighted by Crippen LogP contribution is -2.01. The number of rotatable bonds is 5. The molecule has 0 unspecified atom stereocenters. The van der Waals surface area contributed by atoms with Gasteiger partial charge in [0, 0.05) is 0 Å². The summed E-state index contributed by atoms with van der Waals surface area (Å²) < 4.78 is 1.31. The number of hydrogen-bond acceptors (Lipinski definition) is 3. The molecule has 7 heteroatoms. The summed E-state index contributed by atoms with van der Waals surface area (Å²) in [5.41, 5.74) is 1.04. The minimum Gasteiger partial charge on any atom is -0.478 e. The summed E-state index contributed by atoms with van der Waals surface area (Å²) in [6.45, 7) is 1.92. The smallest absolute Gasteiger partial charge is 0.340 e. The molecule has 6 nitrogen and oxygen atoms in total. The fourth-order valence-electron chi connectivity index (χ4n) is 1.98. The van der Waals surface area contributed by atoms with Crippen LogP contribution in [0, 0.1) is 0 Å². The van der Waals surface area contributed by atoms with E-state index in [0.717, 1.165) is 6.42 Å². The van der Waals surface area contributed by atoms with Gasteiger partial charge in [-0.25, -0.2) is 14.3 Å². The highest BCUT2D eigenvalue weighted by Crippen LogP contribution is 2.25. The molecule has 0 fully saturated rings. The first-order valence-corrected chi connectivity index (χ1v) is 6.68. The van der Waals surface area contributed by atoms with E-state index in [1.54, 1.807) is 0 Å². The molecule has 1 aromatic carbocycles. The molecule has 0 aliphatic carbocycles. The second-order valence-corrected chi connectivity index (χ2v) is 4.79. The zero-order valence-corrected chi connectivity index (χ0v) is 12.0. The van der Waals surface area contributed by atoms with E-state index in [2.05, 4.69) is 5.10 Å². The third-order valence-electron chi connectivity index (χ3n) is 2.96. The van der Waals surface area contributed by atoms with Gasteiger partial charge in [-0.1, -0.05) is 24.9 Å². The molecular formula is C14H13ClN2O4. The molecule has 0 amide bonds. The fourth-order valence-corrected chi connectivity index (χ4v) is 2.30. The first-order valence-electron chi connectivity index (χ1n) is 6.30. The molecule has 0 atom stereocenters. The molecule has 0 aliphatic heterocycles. The maximum Gasteiger partial charge on any atom is 0.340 e. The second kappa shape index (κ2) is 5.97. The van der Waals surface area contributed by atoms with Gasteiger partial charge in [0.1, 0.15) is 10.7 Å². The van der Waals surface area contributed by atoms with Crippen LogP contribution >= 0.6 is 11.6 Å². The Morgan fingerprint density at radius 2 is 1.81 bits per heavy atom. The Morgan fingerprint density at radius 3 is 2.29 bits per heavy atom. The lowest BCUT2D eigenvalue weighted by Gasteiger charge is -2.03. The Hall–Kier alpha value is -2.34. The van der Waals surface area contributed by atoms with Gasteiger partial charge in [0.05, 0.1) is 16.9 Å². The number of aryl methyl sites for hydroxylation is 1. The second-order valence-electron chi connectivity index (χ2n) is 4.43. The van der Waals surface area contributed by atoms with E-state index in [1.807, 2.05) is 6.92 Å². The minimum absolute atomic E-state index is 0.00836. The number of benzene rings is 1.